The molecular weight excluding hydrogens is 431 g/mol. The molecule has 0 atom stereocenters. The summed E-state index contributed by atoms with van der Waals surface area (Å²) in [6.07, 6.45) is 1.43. The van der Waals surface area contributed by atoms with Gasteiger partial charge >= 0.3 is 0 Å². The maximum atomic E-state index is 13.4. The van der Waals surface area contributed by atoms with Crippen LogP contribution in [0.5, 0.6) is 5.75 Å². The number of rotatable bonds is 8. The van der Waals surface area contributed by atoms with Gasteiger partial charge in [-0.15, -0.1) is 11.3 Å². The zero-order chi connectivity index (χ0) is 22.3. The van der Waals surface area contributed by atoms with E-state index in [1.54, 1.807) is 12.1 Å². The Bertz CT molecular complexity index is 1260. The van der Waals surface area contributed by atoms with Crippen LogP contribution in [0.2, 0.25) is 0 Å². The maximum absolute atomic E-state index is 13.4. The average molecular weight is 448 g/mol. The number of ether oxygens (including phenoxy) is 1. The van der Waals surface area contributed by atoms with E-state index >= 15 is 0 Å². The molecule has 1 heterocycles. The van der Waals surface area contributed by atoms with Crippen molar-refractivity contribution in [3.63, 3.8) is 0 Å². The summed E-state index contributed by atoms with van der Waals surface area (Å²) in [6.45, 7) is 0.108. The SMILES string of the molecule is O=[N+]([O-])c1ccc(OCc2cccc(F)c2)c(C=NNc2nc(-c3ccccc3)cs2)c1. The Labute approximate surface area is 187 Å². The highest BCUT2D eigenvalue weighted by Gasteiger charge is 2.11. The van der Waals surface area contributed by atoms with Crippen molar-refractivity contribution in [3.05, 3.63) is 105 Å². The van der Waals surface area contributed by atoms with Crippen molar-refractivity contribution >= 4 is 28.4 Å². The Balaban J connectivity index is 1.49. The van der Waals surface area contributed by atoms with Gasteiger partial charge < -0.3 is 4.74 Å². The molecule has 0 spiro atoms. The number of hydrazone groups is 1. The van der Waals surface area contributed by atoms with Crippen LogP contribution in [0.1, 0.15) is 11.1 Å². The van der Waals surface area contributed by atoms with Crippen LogP contribution in [0.25, 0.3) is 11.3 Å². The van der Waals surface area contributed by atoms with Crippen molar-refractivity contribution in [2.45, 2.75) is 6.61 Å². The van der Waals surface area contributed by atoms with E-state index in [0.717, 1.165) is 11.3 Å². The third kappa shape index (κ3) is 5.32. The van der Waals surface area contributed by atoms with Crippen LogP contribution >= 0.6 is 11.3 Å². The van der Waals surface area contributed by atoms with E-state index < -0.39 is 4.92 Å². The Morgan fingerprint density at radius 2 is 1.97 bits per heavy atom. The van der Waals surface area contributed by atoms with Crippen LogP contribution < -0.4 is 10.2 Å². The van der Waals surface area contributed by atoms with Gasteiger partial charge in [0, 0.05) is 28.6 Å². The molecule has 4 rings (SSSR count). The van der Waals surface area contributed by atoms with Crippen LogP contribution in [0.4, 0.5) is 15.2 Å². The van der Waals surface area contributed by atoms with Gasteiger partial charge in [0.05, 0.1) is 16.8 Å². The summed E-state index contributed by atoms with van der Waals surface area (Å²) in [7, 11) is 0. The molecule has 0 aliphatic carbocycles. The first-order chi connectivity index (χ1) is 15.6. The molecule has 0 bridgehead atoms. The first-order valence-corrected chi connectivity index (χ1v) is 10.4. The van der Waals surface area contributed by atoms with Gasteiger partial charge in [-0.3, -0.25) is 15.5 Å². The van der Waals surface area contributed by atoms with E-state index in [2.05, 4.69) is 15.5 Å². The quantitative estimate of drug-likeness (QED) is 0.206. The number of anilines is 1. The van der Waals surface area contributed by atoms with Gasteiger partial charge in [-0.1, -0.05) is 42.5 Å². The molecule has 0 aliphatic rings. The number of hydrogen-bond donors (Lipinski definition) is 1. The fourth-order valence-corrected chi connectivity index (χ4v) is 3.56. The molecule has 3 aromatic carbocycles. The minimum absolute atomic E-state index is 0.0924. The highest BCUT2D eigenvalue weighted by molar-refractivity contribution is 7.14. The van der Waals surface area contributed by atoms with E-state index in [1.807, 2.05) is 35.7 Å². The van der Waals surface area contributed by atoms with E-state index in [9.17, 15) is 14.5 Å². The predicted molar refractivity (Wildman–Crippen MR) is 123 cm³/mol. The van der Waals surface area contributed by atoms with Crippen LogP contribution in [-0.4, -0.2) is 16.1 Å². The lowest BCUT2D eigenvalue weighted by molar-refractivity contribution is -0.384. The number of nitro groups is 1. The molecule has 0 saturated heterocycles. The Kier molecular flexibility index (Phi) is 6.47. The smallest absolute Gasteiger partial charge is 0.270 e. The number of aromatic nitrogens is 1. The van der Waals surface area contributed by atoms with Crippen LogP contribution in [0, 0.1) is 15.9 Å². The lowest BCUT2D eigenvalue weighted by Gasteiger charge is -2.09. The van der Waals surface area contributed by atoms with Gasteiger partial charge in [0.1, 0.15) is 18.2 Å². The molecule has 160 valence electrons. The summed E-state index contributed by atoms with van der Waals surface area (Å²) in [6, 6.07) is 20.0. The van der Waals surface area contributed by atoms with Gasteiger partial charge in [-0.05, 0) is 23.8 Å². The van der Waals surface area contributed by atoms with Crippen molar-refractivity contribution in [1.29, 1.82) is 0 Å². The molecule has 0 amide bonds. The van der Waals surface area contributed by atoms with Gasteiger partial charge in [-0.2, -0.15) is 5.10 Å². The molecule has 7 nitrogen and oxygen atoms in total. The number of nitrogens with one attached hydrogen (secondary N) is 1. The average Bonchev–Trinajstić information content (AvgIpc) is 3.28. The second-order valence-corrected chi connectivity index (χ2v) is 7.53. The highest BCUT2D eigenvalue weighted by atomic mass is 32.1. The Hall–Kier alpha value is -4.11. The third-order valence-corrected chi connectivity index (χ3v) is 5.17. The molecule has 0 aliphatic heterocycles. The zero-order valence-electron chi connectivity index (χ0n) is 16.6. The van der Waals surface area contributed by atoms with E-state index in [-0.39, 0.29) is 18.1 Å². The molecule has 9 heteroatoms. The lowest BCUT2D eigenvalue weighted by Crippen LogP contribution is -2.01. The fraction of sp³-hybridized carbons (Fsp3) is 0.0435. The van der Waals surface area contributed by atoms with Gasteiger partial charge in [0.2, 0.25) is 5.13 Å². The largest absolute Gasteiger partial charge is 0.488 e. The van der Waals surface area contributed by atoms with Crippen molar-refractivity contribution in [1.82, 2.24) is 4.98 Å². The molecule has 1 aromatic heterocycles. The van der Waals surface area contributed by atoms with Gasteiger partial charge in [-0.25, -0.2) is 9.37 Å². The summed E-state index contributed by atoms with van der Waals surface area (Å²) in [5, 5.41) is 17.8. The molecule has 0 radical (unpaired) electrons. The predicted octanol–water partition coefficient (Wildman–Crippen LogP) is 5.88. The minimum Gasteiger partial charge on any atom is -0.488 e. The lowest BCUT2D eigenvalue weighted by atomic mass is 10.2. The molecule has 0 saturated carbocycles. The second-order valence-electron chi connectivity index (χ2n) is 6.67. The Morgan fingerprint density at radius 1 is 1.12 bits per heavy atom. The molecule has 32 heavy (non-hydrogen) atoms. The summed E-state index contributed by atoms with van der Waals surface area (Å²) in [5.41, 5.74) is 5.61. The van der Waals surface area contributed by atoms with Crippen molar-refractivity contribution in [2.24, 2.45) is 5.10 Å². The van der Waals surface area contributed by atoms with E-state index in [0.29, 0.717) is 22.0 Å². The van der Waals surface area contributed by atoms with Crippen molar-refractivity contribution < 1.29 is 14.1 Å². The molecule has 1 N–H and O–H groups in total. The monoisotopic (exact) mass is 448 g/mol. The zero-order valence-corrected chi connectivity index (χ0v) is 17.5. The topological polar surface area (TPSA) is 89.7 Å². The summed E-state index contributed by atoms with van der Waals surface area (Å²) in [4.78, 5) is 15.2. The molecular formula is C23H17FN4O3S. The number of non-ortho nitro benzene ring substituents is 1. The van der Waals surface area contributed by atoms with Gasteiger partial charge in [0.15, 0.2) is 0 Å². The van der Waals surface area contributed by atoms with Crippen molar-refractivity contribution in [2.75, 3.05) is 5.43 Å². The number of nitrogens with zero attached hydrogens (tertiary/aromatic N) is 3. The number of nitro benzene ring substituents is 1. The van der Waals surface area contributed by atoms with Crippen LogP contribution in [0.3, 0.4) is 0 Å². The molecule has 0 unspecified atom stereocenters. The maximum Gasteiger partial charge on any atom is 0.270 e. The summed E-state index contributed by atoms with van der Waals surface area (Å²) < 4.78 is 19.1. The van der Waals surface area contributed by atoms with Crippen LogP contribution in [-0.2, 0) is 6.61 Å². The molecule has 0 fully saturated rings. The Morgan fingerprint density at radius 3 is 2.75 bits per heavy atom. The first-order valence-electron chi connectivity index (χ1n) is 9.54. The standard InChI is InChI=1S/C23H17FN4O3S/c24-19-8-4-5-16(11-19)14-31-22-10-9-20(28(29)30)12-18(22)13-25-27-23-26-21(15-32-23)17-6-2-1-3-7-17/h1-13,15H,14H2,(H,26,27). The third-order valence-electron chi connectivity index (χ3n) is 4.43. The van der Waals surface area contributed by atoms with E-state index in [1.165, 1.54) is 47.9 Å². The number of halogens is 1. The normalized spacial score (nSPS) is 10.9. The second kappa shape index (κ2) is 9.80. The summed E-state index contributed by atoms with van der Waals surface area (Å²) >= 11 is 1.39. The minimum atomic E-state index is -0.492. The van der Waals surface area contributed by atoms with Gasteiger partial charge in [0.25, 0.3) is 5.69 Å². The van der Waals surface area contributed by atoms with E-state index in [4.69, 9.17) is 4.74 Å². The van der Waals surface area contributed by atoms with Crippen molar-refractivity contribution in [3.8, 4) is 17.0 Å². The fourth-order valence-electron chi connectivity index (χ4n) is 2.89. The first kappa shape index (κ1) is 21.1. The number of thiazole rings is 1. The summed E-state index contributed by atoms with van der Waals surface area (Å²) in [5.74, 6) is 0.0219. The van der Waals surface area contributed by atoms with Crippen LogP contribution in [0.15, 0.2) is 83.3 Å². The molecule has 4 aromatic rings. The number of hydrogen-bond acceptors (Lipinski definition) is 7. The highest BCUT2D eigenvalue weighted by Crippen LogP contribution is 2.26. The number of benzene rings is 3.